The van der Waals surface area contributed by atoms with Crippen molar-refractivity contribution in [1.29, 1.82) is 0 Å². The molecule has 1 aliphatic heterocycles. The van der Waals surface area contributed by atoms with Gasteiger partial charge in [0.2, 0.25) is 0 Å². The van der Waals surface area contributed by atoms with Crippen LogP contribution >= 0.6 is 0 Å². The minimum atomic E-state index is -1.40. The first-order valence-electron chi connectivity index (χ1n) is 3.84. The van der Waals surface area contributed by atoms with E-state index in [9.17, 15) is 10.2 Å². The summed E-state index contributed by atoms with van der Waals surface area (Å²) in [7, 11) is 0. The summed E-state index contributed by atoms with van der Waals surface area (Å²) in [6.07, 6.45) is -5.03. The average Bonchev–Trinajstić information content (AvgIpc) is 2.14. The topological polar surface area (TPSA) is 111 Å². The van der Waals surface area contributed by atoms with Gasteiger partial charge in [-0.15, -0.1) is 0 Å². The Bertz CT molecular complexity index is 154. The Morgan fingerprint density at radius 3 is 2.54 bits per heavy atom. The number of nitrogens with one attached hydrogen (secondary N) is 1. The highest BCUT2D eigenvalue weighted by Gasteiger charge is 2.34. The Hall–Kier alpha value is -0.280. The van der Waals surface area contributed by atoms with Gasteiger partial charge in [-0.1, -0.05) is 5.64 Å². The smallest absolute Gasteiger partial charge is 0.133 e. The fraction of sp³-hybridized carbons (Fsp3) is 1.00. The van der Waals surface area contributed by atoms with E-state index in [0.29, 0.717) is 0 Å². The molecule has 0 radical (unpaired) electrons. The van der Waals surface area contributed by atoms with Crippen molar-refractivity contribution in [3.63, 3.8) is 0 Å². The van der Waals surface area contributed by atoms with Crippen molar-refractivity contribution in [3.05, 3.63) is 0 Å². The molecule has 0 saturated carbocycles. The van der Waals surface area contributed by atoms with Crippen molar-refractivity contribution in [3.8, 4) is 0 Å². The van der Waals surface area contributed by atoms with Crippen molar-refractivity contribution < 1.29 is 30.1 Å². The van der Waals surface area contributed by atoms with Gasteiger partial charge in [0, 0.05) is 0 Å². The Morgan fingerprint density at radius 1 is 1.23 bits per heavy atom. The quantitative estimate of drug-likeness (QED) is 0.301. The maximum absolute atomic E-state index is 9.32. The van der Waals surface area contributed by atoms with Crippen LogP contribution in [0.15, 0.2) is 0 Å². The maximum atomic E-state index is 9.32. The third kappa shape index (κ3) is 2.58. The van der Waals surface area contributed by atoms with E-state index in [2.05, 4.69) is 9.68 Å². The minimum Gasteiger partial charge on any atom is -0.393 e. The van der Waals surface area contributed by atoms with E-state index in [-0.39, 0.29) is 6.61 Å². The molecule has 4 atom stereocenters. The van der Waals surface area contributed by atoms with Gasteiger partial charge >= 0.3 is 0 Å². The van der Waals surface area contributed by atoms with Crippen LogP contribution in [0.25, 0.3) is 0 Å². The average molecular weight is 195 g/mol. The summed E-state index contributed by atoms with van der Waals surface area (Å²) in [5.74, 6) is 0. The van der Waals surface area contributed by atoms with Crippen LogP contribution in [0.5, 0.6) is 0 Å². The number of hydrogen-bond donors (Lipinski definition) is 5. The lowest BCUT2D eigenvalue weighted by molar-refractivity contribution is -0.271. The molecule has 5 N–H and O–H groups in total. The summed E-state index contributed by atoms with van der Waals surface area (Å²) < 4.78 is 0. The molecular weight excluding hydrogens is 182 g/mol. The van der Waals surface area contributed by atoms with Gasteiger partial charge in [0.15, 0.2) is 0 Å². The summed E-state index contributed by atoms with van der Waals surface area (Å²) in [6, 6.07) is 0. The van der Waals surface area contributed by atoms with Crippen LogP contribution in [-0.2, 0) is 9.68 Å². The van der Waals surface area contributed by atoms with Crippen molar-refractivity contribution in [1.82, 2.24) is 5.64 Å². The molecule has 0 unspecified atom stereocenters. The van der Waals surface area contributed by atoms with Crippen LogP contribution in [0.1, 0.15) is 0 Å². The second-order valence-electron chi connectivity index (χ2n) is 2.78. The van der Waals surface area contributed by atoms with Crippen LogP contribution < -0.4 is 5.64 Å². The molecule has 13 heavy (non-hydrogen) atoms. The number of rotatable bonds is 1. The van der Waals surface area contributed by atoms with E-state index in [1.54, 1.807) is 0 Å². The van der Waals surface area contributed by atoms with Crippen molar-refractivity contribution in [2.45, 2.75) is 24.4 Å². The van der Waals surface area contributed by atoms with Crippen LogP contribution in [0.3, 0.4) is 0 Å². The molecule has 1 fully saturated rings. The molecule has 0 aliphatic carbocycles. The fourth-order valence-electron chi connectivity index (χ4n) is 0.976. The molecule has 0 amide bonds. The highest BCUT2D eigenvalue weighted by Crippen LogP contribution is 2.09. The predicted molar refractivity (Wildman–Crippen MR) is 39.1 cm³/mol. The molecule has 0 aromatic heterocycles. The van der Waals surface area contributed by atoms with Gasteiger partial charge in [0.05, 0.1) is 13.2 Å². The molecule has 1 rings (SSSR count). The van der Waals surface area contributed by atoms with Gasteiger partial charge in [-0.25, -0.2) is 0 Å². The van der Waals surface area contributed by atoms with Gasteiger partial charge in [-0.05, 0) is 0 Å². The van der Waals surface area contributed by atoms with Gasteiger partial charge in [-0.2, -0.15) is 0 Å². The highest BCUT2D eigenvalue weighted by atomic mass is 16.9. The molecule has 0 aromatic carbocycles. The van der Waals surface area contributed by atoms with Gasteiger partial charge in [-0.3, -0.25) is 9.68 Å². The van der Waals surface area contributed by atoms with Crippen molar-refractivity contribution in [2.75, 3.05) is 13.2 Å². The Balaban J connectivity index is 2.58. The van der Waals surface area contributed by atoms with E-state index in [4.69, 9.17) is 10.2 Å². The maximum Gasteiger partial charge on any atom is 0.133 e. The predicted octanol–water partition coefficient (Wildman–Crippen LogP) is -3.10. The van der Waals surface area contributed by atoms with Crippen LogP contribution in [0.2, 0.25) is 0 Å². The molecule has 1 saturated heterocycles. The fourth-order valence-corrected chi connectivity index (χ4v) is 0.976. The van der Waals surface area contributed by atoms with Crippen LogP contribution in [0.4, 0.5) is 0 Å². The molecule has 0 aromatic rings. The lowest BCUT2D eigenvalue weighted by Crippen LogP contribution is -2.52. The molecule has 7 nitrogen and oxygen atoms in total. The summed E-state index contributed by atoms with van der Waals surface area (Å²) in [6.45, 7) is -0.711. The molecule has 0 bridgehead atoms. The van der Waals surface area contributed by atoms with E-state index in [1.165, 1.54) is 0 Å². The first kappa shape index (κ1) is 10.8. The first-order valence-corrected chi connectivity index (χ1v) is 3.84. The second-order valence-corrected chi connectivity index (χ2v) is 2.78. The van der Waals surface area contributed by atoms with Crippen molar-refractivity contribution >= 4 is 0 Å². The second kappa shape index (κ2) is 4.82. The van der Waals surface area contributed by atoms with E-state index >= 15 is 0 Å². The number of aliphatic hydroxyl groups excluding tert-OH is 4. The Labute approximate surface area is 74.4 Å². The number of hydrogen-bond acceptors (Lipinski definition) is 7. The lowest BCUT2D eigenvalue weighted by Gasteiger charge is -2.30. The van der Waals surface area contributed by atoms with Gasteiger partial charge in [0.1, 0.15) is 24.4 Å². The monoisotopic (exact) mass is 195 g/mol. The van der Waals surface area contributed by atoms with Gasteiger partial charge < -0.3 is 20.4 Å². The third-order valence-corrected chi connectivity index (χ3v) is 1.82. The molecule has 0 spiro atoms. The summed E-state index contributed by atoms with van der Waals surface area (Å²) in [5.41, 5.74) is 1.98. The Kier molecular flexibility index (Phi) is 4.00. The molecular formula is C6H13NO6. The van der Waals surface area contributed by atoms with E-state index in [0.717, 1.165) is 0 Å². The zero-order valence-electron chi connectivity index (χ0n) is 6.83. The van der Waals surface area contributed by atoms with Crippen LogP contribution in [0, 0.1) is 0 Å². The van der Waals surface area contributed by atoms with E-state index < -0.39 is 31.0 Å². The number of aliphatic hydroxyl groups is 4. The zero-order valence-corrected chi connectivity index (χ0v) is 6.83. The largest absolute Gasteiger partial charge is 0.393 e. The van der Waals surface area contributed by atoms with Crippen LogP contribution in [-0.4, -0.2) is 58.1 Å². The molecule has 7 heteroatoms. The summed E-state index contributed by atoms with van der Waals surface area (Å²) in [5, 5.41) is 36.4. The summed E-state index contributed by atoms with van der Waals surface area (Å²) in [4.78, 5) is 9.15. The van der Waals surface area contributed by atoms with Crippen molar-refractivity contribution in [2.24, 2.45) is 0 Å². The highest BCUT2D eigenvalue weighted by molar-refractivity contribution is 4.81. The lowest BCUT2D eigenvalue weighted by atomic mass is 10.0. The third-order valence-electron chi connectivity index (χ3n) is 1.82. The Morgan fingerprint density at radius 2 is 1.92 bits per heavy atom. The standard InChI is InChI=1S/C6H13NO6/c8-1-4-6(11)5(10)3(9)2-12-7-13-4/h3-11H,1-2H2/t3-,4+,5+,6+/m0/s1. The zero-order chi connectivity index (χ0) is 9.84. The first-order chi connectivity index (χ1) is 6.16. The molecule has 78 valence electrons. The molecule has 1 aliphatic rings. The normalized spacial score (nSPS) is 42.5. The van der Waals surface area contributed by atoms with E-state index in [1.807, 2.05) is 5.64 Å². The molecule has 1 heterocycles. The SMILES string of the molecule is OC[C@H]1ONOC[C@H](O)[C@@H](O)[C@@H]1O. The van der Waals surface area contributed by atoms with Gasteiger partial charge in [0.25, 0.3) is 0 Å². The summed E-state index contributed by atoms with van der Waals surface area (Å²) >= 11 is 0. The minimum absolute atomic E-state index is 0.212.